The average Bonchev–Trinajstić information content (AvgIpc) is 2.76. The molecular formula is C17H18N2. The van der Waals surface area contributed by atoms with Gasteiger partial charge >= 0.3 is 0 Å². The fraction of sp³-hybridized carbons (Fsp3) is 0.176. The Morgan fingerprint density at radius 2 is 1.89 bits per heavy atom. The number of rotatable bonds is 3. The molecule has 19 heavy (non-hydrogen) atoms. The van der Waals surface area contributed by atoms with Crippen molar-refractivity contribution in [3.63, 3.8) is 0 Å². The van der Waals surface area contributed by atoms with Gasteiger partial charge in [-0.05, 0) is 35.7 Å². The number of para-hydroxylation sites is 1. The second-order valence-electron chi connectivity index (χ2n) is 4.91. The Kier molecular flexibility index (Phi) is 3.00. The first kappa shape index (κ1) is 11.8. The molecule has 0 radical (unpaired) electrons. The van der Waals surface area contributed by atoms with E-state index in [-0.39, 0.29) is 0 Å². The van der Waals surface area contributed by atoms with Gasteiger partial charge in [0.2, 0.25) is 0 Å². The van der Waals surface area contributed by atoms with Crippen molar-refractivity contribution in [2.75, 3.05) is 12.4 Å². The van der Waals surface area contributed by atoms with Gasteiger partial charge in [-0.3, -0.25) is 0 Å². The third-order valence-corrected chi connectivity index (χ3v) is 3.59. The Labute approximate surface area is 113 Å². The molecule has 0 bridgehead atoms. The topological polar surface area (TPSA) is 17.0 Å². The maximum atomic E-state index is 3.19. The molecule has 0 aliphatic carbocycles. The van der Waals surface area contributed by atoms with Crippen molar-refractivity contribution in [3.8, 4) is 0 Å². The van der Waals surface area contributed by atoms with E-state index in [4.69, 9.17) is 0 Å². The minimum Gasteiger partial charge on any atom is -0.388 e. The van der Waals surface area contributed by atoms with Crippen molar-refractivity contribution in [1.29, 1.82) is 0 Å². The number of aryl methyl sites for hydroxylation is 1. The summed E-state index contributed by atoms with van der Waals surface area (Å²) in [6.07, 6.45) is 3.20. The largest absolute Gasteiger partial charge is 0.388 e. The van der Waals surface area contributed by atoms with Gasteiger partial charge in [-0.1, -0.05) is 30.3 Å². The number of benzene rings is 2. The number of anilines is 1. The van der Waals surface area contributed by atoms with Crippen molar-refractivity contribution >= 4 is 16.6 Å². The van der Waals surface area contributed by atoms with Crippen molar-refractivity contribution < 1.29 is 0 Å². The fourth-order valence-corrected chi connectivity index (χ4v) is 2.62. The highest BCUT2D eigenvalue weighted by Gasteiger charge is 2.06. The second-order valence-corrected chi connectivity index (χ2v) is 4.91. The molecule has 2 heteroatoms. The van der Waals surface area contributed by atoms with Crippen molar-refractivity contribution in [2.45, 2.75) is 6.42 Å². The number of aromatic nitrogens is 1. The third kappa shape index (κ3) is 2.22. The van der Waals surface area contributed by atoms with Crippen LogP contribution in [0.25, 0.3) is 10.9 Å². The van der Waals surface area contributed by atoms with E-state index in [2.05, 4.69) is 71.7 Å². The molecule has 3 rings (SSSR count). The first-order chi connectivity index (χ1) is 9.28. The molecule has 1 heterocycles. The van der Waals surface area contributed by atoms with Crippen LogP contribution in [0.2, 0.25) is 0 Å². The van der Waals surface area contributed by atoms with E-state index in [1.54, 1.807) is 0 Å². The van der Waals surface area contributed by atoms with Crippen molar-refractivity contribution in [3.05, 3.63) is 65.9 Å². The Balaban J connectivity index is 2.01. The molecule has 96 valence electrons. The van der Waals surface area contributed by atoms with E-state index in [0.717, 1.165) is 12.1 Å². The van der Waals surface area contributed by atoms with Crippen LogP contribution >= 0.6 is 0 Å². The molecule has 0 saturated heterocycles. The zero-order valence-corrected chi connectivity index (χ0v) is 11.4. The minimum absolute atomic E-state index is 0.969. The molecule has 0 amide bonds. The zero-order chi connectivity index (χ0) is 13.2. The van der Waals surface area contributed by atoms with Gasteiger partial charge in [-0.25, -0.2) is 0 Å². The Morgan fingerprint density at radius 3 is 2.74 bits per heavy atom. The molecule has 0 saturated carbocycles. The van der Waals surface area contributed by atoms with E-state index in [0.29, 0.717) is 0 Å². The summed E-state index contributed by atoms with van der Waals surface area (Å²) in [6, 6.07) is 17.2. The molecule has 0 fully saturated rings. The van der Waals surface area contributed by atoms with Gasteiger partial charge in [0.15, 0.2) is 0 Å². The Hall–Kier alpha value is -2.22. The molecule has 1 N–H and O–H groups in total. The minimum atomic E-state index is 0.969. The zero-order valence-electron chi connectivity index (χ0n) is 11.4. The Bertz CT molecular complexity index is 710. The second kappa shape index (κ2) is 4.81. The smallest absolute Gasteiger partial charge is 0.0480 e. The van der Waals surface area contributed by atoms with Gasteiger partial charge in [0.25, 0.3) is 0 Å². The maximum absolute atomic E-state index is 3.19. The highest BCUT2D eigenvalue weighted by molar-refractivity contribution is 5.84. The molecule has 0 atom stereocenters. The van der Waals surface area contributed by atoms with E-state index in [9.17, 15) is 0 Å². The number of hydrogen-bond acceptors (Lipinski definition) is 1. The summed E-state index contributed by atoms with van der Waals surface area (Å²) in [6.45, 7) is 0. The van der Waals surface area contributed by atoms with Crippen LogP contribution in [0.3, 0.4) is 0 Å². The first-order valence-corrected chi connectivity index (χ1v) is 6.57. The summed E-state index contributed by atoms with van der Waals surface area (Å²) in [7, 11) is 4.06. The van der Waals surface area contributed by atoms with Crippen LogP contribution in [0.1, 0.15) is 11.1 Å². The fourth-order valence-electron chi connectivity index (χ4n) is 2.62. The van der Waals surface area contributed by atoms with Crippen LogP contribution in [0, 0.1) is 0 Å². The summed E-state index contributed by atoms with van der Waals surface area (Å²) in [5.74, 6) is 0. The standard InChI is InChI=1S/C17H18N2/c1-18-15-7-5-6-13(11-15)10-14-12-19(2)17-9-4-3-8-16(14)17/h3-9,11-12,18H,10H2,1-2H3. The third-order valence-electron chi connectivity index (χ3n) is 3.59. The normalized spacial score (nSPS) is 10.8. The number of nitrogens with one attached hydrogen (secondary N) is 1. The molecule has 2 aromatic carbocycles. The van der Waals surface area contributed by atoms with Gasteiger partial charge in [-0.15, -0.1) is 0 Å². The number of fused-ring (bicyclic) bond motifs is 1. The molecule has 0 spiro atoms. The molecule has 3 aromatic rings. The van der Waals surface area contributed by atoms with Crippen molar-refractivity contribution in [1.82, 2.24) is 4.57 Å². The van der Waals surface area contributed by atoms with E-state index in [1.807, 2.05) is 7.05 Å². The summed E-state index contributed by atoms with van der Waals surface area (Å²) in [5, 5.41) is 4.54. The summed E-state index contributed by atoms with van der Waals surface area (Å²) in [5.41, 5.74) is 5.18. The molecule has 0 aliphatic rings. The SMILES string of the molecule is CNc1cccc(Cc2cn(C)c3ccccc23)c1. The van der Waals surface area contributed by atoms with Crippen LogP contribution in [0.5, 0.6) is 0 Å². The van der Waals surface area contributed by atoms with Gasteiger partial charge in [0, 0.05) is 36.9 Å². The predicted octanol–water partition coefficient (Wildman–Crippen LogP) is 3.81. The first-order valence-electron chi connectivity index (χ1n) is 6.57. The quantitative estimate of drug-likeness (QED) is 0.748. The lowest BCUT2D eigenvalue weighted by molar-refractivity contribution is 0.958. The van der Waals surface area contributed by atoms with Gasteiger partial charge in [-0.2, -0.15) is 0 Å². The van der Waals surface area contributed by atoms with E-state index < -0.39 is 0 Å². The van der Waals surface area contributed by atoms with Crippen LogP contribution < -0.4 is 5.32 Å². The predicted molar refractivity (Wildman–Crippen MR) is 81.7 cm³/mol. The number of hydrogen-bond donors (Lipinski definition) is 1. The lowest BCUT2D eigenvalue weighted by atomic mass is 10.0. The van der Waals surface area contributed by atoms with Gasteiger partial charge in [0.1, 0.15) is 0 Å². The molecule has 0 aliphatic heterocycles. The molecular weight excluding hydrogens is 232 g/mol. The summed E-state index contributed by atoms with van der Waals surface area (Å²) < 4.78 is 2.20. The maximum Gasteiger partial charge on any atom is 0.0480 e. The van der Waals surface area contributed by atoms with Gasteiger partial charge < -0.3 is 9.88 Å². The van der Waals surface area contributed by atoms with Crippen LogP contribution in [0.4, 0.5) is 5.69 Å². The lowest BCUT2D eigenvalue weighted by Gasteiger charge is -2.04. The van der Waals surface area contributed by atoms with E-state index >= 15 is 0 Å². The highest BCUT2D eigenvalue weighted by Crippen LogP contribution is 2.23. The van der Waals surface area contributed by atoms with Crippen LogP contribution in [0.15, 0.2) is 54.7 Å². The summed E-state index contributed by atoms with van der Waals surface area (Å²) >= 11 is 0. The molecule has 1 aromatic heterocycles. The van der Waals surface area contributed by atoms with Crippen LogP contribution in [-0.2, 0) is 13.5 Å². The van der Waals surface area contributed by atoms with E-state index in [1.165, 1.54) is 22.0 Å². The number of nitrogens with zero attached hydrogens (tertiary/aromatic N) is 1. The molecule has 0 unspecified atom stereocenters. The lowest BCUT2D eigenvalue weighted by Crippen LogP contribution is -1.91. The average molecular weight is 250 g/mol. The summed E-state index contributed by atoms with van der Waals surface area (Å²) in [4.78, 5) is 0. The van der Waals surface area contributed by atoms with Gasteiger partial charge in [0.05, 0.1) is 0 Å². The van der Waals surface area contributed by atoms with Crippen molar-refractivity contribution in [2.24, 2.45) is 7.05 Å². The van der Waals surface area contributed by atoms with Crippen LogP contribution in [-0.4, -0.2) is 11.6 Å². The monoisotopic (exact) mass is 250 g/mol. The molecule has 2 nitrogen and oxygen atoms in total. The highest BCUT2D eigenvalue weighted by atomic mass is 14.9. The Morgan fingerprint density at radius 1 is 1.05 bits per heavy atom.